The molecule has 0 aromatic carbocycles. The van der Waals surface area contributed by atoms with Gasteiger partial charge in [0.05, 0.1) is 0 Å². The number of aromatic amines is 1. The zero-order valence-electron chi connectivity index (χ0n) is 9.39. The molecule has 3 heteroatoms. The topological polar surface area (TPSA) is 37.8 Å². The van der Waals surface area contributed by atoms with Crippen molar-refractivity contribution < 1.29 is 0 Å². The van der Waals surface area contributed by atoms with E-state index in [1.807, 2.05) is 6.92 Å². The van der Waals surface area contributed by atoms with Crippen LogP contribution in [0.2, 0.25) is 0 Å². The molecular formula is C11H20N2O. The molecule has 14 heavy (non-hydrogen) atoms. The van der Waals surface area contributed by atoms with E-state index >= 15 is 0 Å². The SMILES string of the molecule is CCCCn1[nH]c(C)c(CCC)c1=O. The van der Waals surface area contributed by atoms with Crippen LogP contribution in [0.4, 0.5) is 0 Å². The minimum absolute atomic E-state index is 0.179. The first kappa shape index (κ1) is 11.1. The van der Waals surface area contributed by atoms with E-state index < -0.39 is 0 Å². The van der Waals surface area contributed by atoms with Gasteiger partial charge in [0.25, 0.3) is 5.56 Å². The fourth-order valence-corrected chi connectivity index (χ4v) is 1.66. The lowest BCUT2D eigenvalue weighted by Crippen LogP contribution is -2.19. The lowest BCUT2D eigenvalue weighted by Gasteiger charge is -1.97. The molecule has 1 rings (SSSR count). The number of aryl methyl sites for hydroxylation is 2. The summed E-state index contributed by atoms with van der Waals surface area (Å²) in [5.41, 5.74) is 2.18. The van der Waals surface area contributed by atoms with Gasteiger partial charge >= 0.3 is 0 Å². The molecule has 0 saturated carbocycles. The molecule has 0 saturated heterocycles. The van der Waals surface area contributed by atoms with Gasteiger partial charge in [-0.05, 0) is 19.8 Å². The molecule has 1 aromatic rings. The third-order valence-corrected chi connectivity index (χ3v) is 2.49. The maximum absolute atomic E-state index is 11.8. The van der Waals surface area contributed by atoms with Crippen LogP contribution in [0.25, 0.3) is 0 Å². The highest BCUT2D eigenvalue weighted by Crippen LogP contribution is 2.03. The summed E-state index contributed by atoms with van der Waals surface area (Å²) in [5, 5.41) is 3.14. The van der Waals surface area contributed by atoms with Gasteiger partial charge in [0.1, 0.15) is 0 Å². The van der Waals surface area contributed by atoms with Crippen LogP contribution in [0.1, 0.15) is 44.4 Å². The van der Waals surface area contributed by atoms with Crippen molar-refractivity contribution in [2.75, 3.05) is 0 Å². The zero-order valence-corrected chi connectivity index (χ0v) is 9.39. The van der Waals surface area contributed by atoms with E-state index in [2.05, 4.69) is 18.9 Å². The number of unbranched alkanes of at least 4 members (excludes halogenated alkanes) is 1. The zero-order chi connectivity index (χ0) is 10.6. The van der Waals surface area contributed by atoms with Gasteiger partial charge in [-0.25, -0.2) is 0 Å². The Hall–Kier alpha value is -0.990. The van der Waals surface area contributed by atoms with Crippen LogP contribution >= 0.6 is 0 Å². The molecule has 0 aliphatic rings. The number of nitrogens with one attached hydrogen (secondary N) is 1. The van der Waals surface area contributed by atoms with Crippen LogP contribution in [0.5, 0.6) is 0 Å². The fraction of sp³-hybridized carbons (Fsp3) is 0.727. The summed E-state index contributed by atoms with van der Waals surface area (Å²) in [5.74, 6) is 0. The van der Waals surface area contributed by atoms with Crippen molar-refractivity contribution in [3.63, 3.8) is 0 Å². The maximum atomic E-state index is 11.8. The van der Waals surface area contributed by atoms with Crippen LogP contribution in [0, 0.1) is 6.92 Å². The van der Waals surface area contributed by atoms with E-state index in [9.17, 15) is 4.79 Å². The van der Waals surface area contributed by atoms with Crippen molar-refractivity contribution in [3.05, 3.63) is 21.6 Å². The second-order valence-corrected chi connectivity index (χ2v) is 3.78. The molecule has 1 heterocycles. The maximum Gasteiger partial charge on any atom is 0.269 e. The number of nitrogens with zero attached hydrogens (tertiary/aromatic N) is 1. The Morgan fingerprint density at radius 1 is 1.29 bits per heavy atom. The van der Waals surface area contributed by atoms with Crippen molar-refractivity contribution in [1.29, 1.82) is 0 Å². The van der Waals surface area contributed by atoms with E-state index in [1.165, 1.54) is 0 Å². The lowest BCUT2D eigenvalue weighted by atomic mass is 10.1. The Morgan fingerprint density at radius 3 is 2.57 bits per heavy atom. The van der Waals surface area contributed by atoms with E-state index in [-0.39, 0.29) is 5.56 Å². The summed E-state index contributed by atoms with van der Waals surface area (Å²) >= 11 is 0. The minimum atomic E-state index is 0.179. The van der Waals surface area contributed by atoms with Gasteiger partial charge in [-0.15, -0.1) is 0 Å². The standard InChI is InChI=1S/C11H20N2O/c1-4-6-8-13-11(14)10(7-5-2)9(3)12-13/h12H,4-8H2,1-3H3. The normalized spacial score (nSPS) is 10.8. The molecule has 0 spiro atoms. The van der Waals surface area contributed by atoms with E-state index in [0.717, 1.165) is 43.5 Å². The third kappa shape index (κ3) is 2.28. The van der Waals surface area contributed by atoms with Crippen molar-refractivity contribution in [2.45, 2.75) is 53.0 Å². The first-order valence-corrected chi connectivity index (χ1v) is 5.49. The summed E-state index contributed by atoms with van der Waals surface area (Å²) < 4.78 is 1.74. The molecule has 3 nitrogen and oxygen atoms in total. The average molecular weight is 196 g/mol. The van der Waals surface area contributed by atoms with Gasteiger partial charge in [0.2, 0.25) is 0 Å². The molecule has 0 aliphatic carbocycles. The van der Waals surface area contributed by atoms with Crippen molar-refractivity contribution in [2.24, 2.45) is 0 Å². The molecule has 0 fully saturated rings. The predicted octanol–water partition coefficient (Wildman–Crippen LogP) is 2.24. The molecule has 0 unspecified atom stereocenters. The van der Waals surface area contributed by atoms with Crippen molar-refractivity contribution in [1.82, 2.24) is 9.78 Å². The van der Waals surface area contributed by atoms with Crippen molar-refractivity contribution in [3.8, 4) is 0 Å². The average Bonchev–Trinajstić information content (AvgIpc) is 2.43. The molecule has 0 amide bonds. The highest BCUT2D eigenvalue weighted by molar-refractivity contribution is 5.15. The van der Waals surface area contributed by atoms with E-state index in [0.29, 0.717) is 0 Å². The van der Waals surface area contributed by atoms with Crippen LogP contribution in [-0.4, -0.2) is 9.78 Å². The predicted molar refractivity (Wildman–Crippen MR) is 58.7 cm³/mol. The number of hydrogen-bond acceptors (Lipinski definition) is 1. The fourth-order valence-electron chi connectivity index (χ4n) is 1.66. The molecule has 0 aliphatic heterocycles. The molecule has 1 N–H and O–H groups in total. The van der Waals surface area contributed by atoms with Gasteiger partial charge in [0.15, 0.2) is 0 Å². The smallest absolute Gasteiger partial charge is 0.269 e. The van der Waals surface area contributed by atoms with Crippen LogP contribution in [0.3, 0.4) is 0 Å². The Labute approximate surface area is 85.1 Å². The van der Waals surface area contributed by atoms with E-state index in [4.69, 9.17) is 0 Å². The highest BCUT2D eigenvalue weighted by Gasteiger charge is 2.08. The summed E-state index contributed by atoms with van der Waals surface area (Å²) in [6, 6.07) is 0. The Balaban J connectivity index is 2.87. The van der Waals surface area contributed by atoms with Crippen LogP contribution in [-0.2, 0) is 13.0 Å². The van der Waals surface area contributed by atoms with E-state index in [1.54, 1.807) is 4.68 Å². The highest BCUT2D eigenvalue weighted by atomic mass is 16.1. The summed E-state index contributed by atoms with van der Waals surface area (Å²) in [6.45, 7) is 7.03. The summed E-state index contributed by atoms with van der Waals surface area (Å²) in [6.07, 6.45) is 4.10. The molecular weight excluding hydrogens is 176 g/mol. The Kier molecular flexibility index (Phi) is 3.98. The molecule has 1 aromatic heterocycles. The second kappa shape index (κ2) is 5.03. The monoisotopic (exact) mass is 196 g/mol. The number of hydrogen-bond donors (Lipinski definition) is 1. The summed E-state index contributed by atoms with van der Waals surface area (Å²) in [7, 11) is 0. The number of aromatic nitrogens is 2. The van der Waals surface area contributed by atoms with Gasteiger partial charge in [0, 0.05) is 17.8 Å². The van der Waals surface area contributed by atoms with Gasteiger partial charge < -0.3 is 0 Å². The van der Waals surface area contributed by atoms with Gasteiger partial charge in [-0.2, -0.15) is 0 Å². The summed E-state index contributed by atoms with van der Waals surface area (Å²) in [4.78, 5) is 11.8. The van der Waals surface area contributed by atoms with Gasteiger partial charge in [-0.3, -0.25) is 14.6 Å². The molecule has 0 radical (unpaired) electrons. The largest absolute Gasteiger partial charge is 0.300 e. The van der Waals surface area contributed by atoms with Crippen LogP contribution in [0.15, 0.2) is 4.79 Å². The Morgan fingerprint density at radius 2 is 2.00 bits per heavy atom. The van der Waals surface area contributed by atoms with Gasteiger partial charge in [-0.1, -0.05) is 26.7 Å². The number of H-pyrrole nitrogens is 1. The third-order valence-electron chi connectivity index (χ3n) is 2.49. The number of rotatable bonds is 5. The van der Waals surface area contributed by atoms with Crippen molar-refractivity contribution >= 4 is 0 Å². The minimum Gasteiger partial charge on any atom is -0.300 e. The lowest BCUT2D eigenvalue weighted by molar-refractivity contribution is 0.553. The first-order chi connectivity index (χ1) is 6.70. The Bertz CT molecular complexity index is 336. The first-order valence-electron chi connectivity index (χ1n) is 5.49. The molecule has 80 valence electrons. The second-order valence-electron chi connectivity index (χ2n) is 3.78. The van der Waals surface area contributed by atoms with Crippen LogP contribution < -0.4 is 5.56 Å². The quantitative estimate of drug-likeness (QED) is 0.770. The molecule has 0 bridgehead atoms. The molecule has 0 atom stereocenters.